The summed E-state index contributed by atoms with van der Waals surface area (Å²) in [6.45, 7) is 8.27. The summed E-state index contributed by atoms with van der Waals surface area (Å²) in [6, 6.07) is 0.552. The van der Waals surface area contributed by atoms with Gasteiger partial charge < -0.3 is 14.1 Å². The van der Waals surface area contributed by atoms with Crippen molar-refractivity contribution in [2.24, 2.45) is 0 Å². The van der Waals surface area contributed by atoms with Crippen LogP contribution < -0.4 is 0 Å². The van der Waals surface area contributed by atoms with Crippen molar-refractivity contribution in [1.82, 2.24) is 20.0 Å². The van der Waals surface area contributed by atoms with E-state index in [1.807, 2.05) is 25.7 Å². The van der Waals surface area contributed by atoms with E-state index in [1.54, 1.807) is 0 Å². The molecule has 1 saturated carbocycles. The highest BCUT2D eigenvalue weighted by Crippen LogP contribution is 2.39. The normalized spacial score (nSPS) is 27.1. The maximum absolute atomic E-state index is 12.7. The summed E-state index contributed by atoms with van der Waals surface area (Å²) in [5.41, 5.74) is -0.459. The average Bonchev–Trinajstić information content (AvgIpc) is 3.15. The van der Waals surface area contributed by atoms with Crippen LogP contribution >= 0.6 is 0 Å². The van der Waals surface area contributed by atoms with Crippen molar-refractivity contribution < 1.29 is 13.9 Å². The minimum atomic E-state index is -0.459. The summed E-state index contributed by atoms with van der Waals surface area (Å²) in [5, 5.41) is 8.49. The molecule has 1 aromatic heterocycles. The molecule has 0 bridgehead atoms. The van der Waals surface area contributed by atoms with Gasteiger partial charge in [0.25, 0.3) is 0 Å². The molecule has 7 heteroatoms. The SMILES string of the molecule is CC(C)(C)OC(=O)N1CCC[C@H]1[C@H]1CCCCN1Cc1nnc(C2CC2)o1. The maximum atomic E-state index is 12.7. The van der Waals surface area contributed by atoms with Gasteiger partial charge >= 0.3 is 6.09 Å². The minimum Gasteiger partial charge on any atom is -0.444 e. The number of ether oxygens (including phenoxy) is 1. The third kappa shape index (κ3) is 4.45. The van der Waals surface area contributed by atoms with Gasteiger partial charge in [-0.15, -0.1) is 10.2 Å². The first-order chi connectivity index (χ1) is 12.9. The molecule has 3 aliphatic rings. The van der Waals surface area contributed by atoms with Crippen LogP contribution in [0, 0.1) is 0 Å². The summed E-state index contributed by atoms with van der Waals surface area (Å²) >= 11 is 0. The van der Waals surface area contributed by atoms with Gasteiger partial charge in [0.2, 0.25) is 11.8 Å². The number of piperidine rings is 1. The zero-order valence-corrected chi connectivity index (χ0v) is 16.8. The van der Waals surface area contributed by atoms with E-state index in [-0.39, 0.29) is 12.1 Å². The minimum absolute atomic E-state index is 0.177. The number of hydrogen-bond donors (Lipinski definition) is 0. The Bertz CT molecular complexity index is 664. The van der Waals surface area contributed by atoms with E-state index in [0.29, 0.717) is 24.4 Å². The number of likely N-dealkylation sites (tertiary alicyclic amines) is 2. The molecule has 2 saturated heterocycles. The fraction of sp³-hybridized carbons (Fsp3) is 0.850. The van der Waals surface area contributed by atoms with Crippen molar-refractivity contribution >= 4 is 6.09 Å². The number of aromatic nitrogens is 2. The fourth-order valence-electron chi connectivity index (χ4n) is 4.39. The van der Waals surface area contributed by atoms with Gasteiger partial charge in [0.15, 0.2) is 0 Å². The Labute approximate surface area is 161 Å². The van der Waals surface area contributed by atoms with E-state index < -0.39 is 5.60 Å². The van der Waals surface area contributed by atoms with Crippen molar-refractivity contribution in [1.29, 1.82) is 0 Å². The van der Waals surface area contributed by atoms with Crippen LogP contribution in [0.3, 0.4) is 0 Å². The molecule has 0 aromatic carbocycles. The van der Waals surface area contributed by atoms with Crippen LogP contribution in [-0.2, 0) is 11.3 Å². The first-order valence-electron chi connectivity index (χ1n) is 10.5. The molecular weight excluding hydrogens is 344 g/mol. The van der Waals surface area contributed by atoms with Gasteiger partial charge in [0.1, 0.15) is 5.60 Å². The maximum Gasteiger partial charge on any atom is 0.410 e. The highest BCUT2D eigenvalue weighted by Gasteiger charge is 2.40. The van der Waals surface area contributed by atoms with Crippen molar-refractivity contribution in [3.8, 4) is 0 Å². The fourth-order valence-corrected chi connectivity index (χ4v) is 4.39. The van der Waals surface area contributed by atoms with E-state index in [4.69, 9.17) is 9.15 Å². The third-order valence-electron chi connectivity index (χ3n) is 5.78. The molecule has 1 aliphatic carbocycles. The second-order valence-corrected chi connectivity index (χ2v) is 9.23. The summed E-state index contributed by atoms with van der Waals surface area (Å²) in [6.07, 6.45) is 7.73. The first kappa shape index (κ1) is 18.7. The lowest BCUT2D eigenvalue weighted by Gasteiger charge is -2.41. The molecule has 4 rings (SSSR count). The van der Waals surface area contributed by atoms with Crippen LogP contribution in [0.15, 0.2) is 4.42 Å². The Morgan fingerprint density at radius 3 is 2.59 bits per heavy atom. The topological polar surface area (TPSA) is 71.7 Å². The molecule has 2 atom stereocenters. The molecule has 0 N–H and O–H groups in total. The number of carbonyl (C=O) groups is 1. The van der Waals surface area contributed by atoms with Crippen LogP contribution in [0.5, 0.6) is 0 Å². The zero-order valence-electron chi connectivity index (χ0n) is 16.8. The number of carbonyl (C=O) groups excluding carboxylic acids is 1. The summed E-state index contributed by atoms with van der Waals surface area (Å²) in [7, 11) is 0. The number of hydrogen-bond acceptors (Lipinski definition) is 6. The van der Waals surface area contributed by atoms with Crippen LogP contribution in [0.25, 0.3) is 0 Å². The van der Waals surface area contributed by atoms with Crippen LogP contribution in [0.4, 0.5) is 4.79 Å². The zero-order chi connectivity index (χ0) is 19.0. The van der Waals surface area contributed by atoms with Gasteiger partial charge in [-0.05, 0) is 65.8 Å². The van der Waals surface area contributed by atoms with Crippen LogP contribution in [0.2, 0.25) is 0 Å². The number of nitrogens with zero attached hydrogens (tertiary/aromatic N) is 4. The van der Waals surface area contributed by atoms with E-state index in [1.165, 1.54) is 25.7 Å². The Balaban J connectivity index is 1.44. The second kappa shape index (κ2) is 7.41. The van der Waals surface area contributed by atoms with Crippen molar-refractivity contribution in [2.45, 2.75) is 95.9 Å². The molecule has 1 amide bonds. The van der Waals surface area contributed by atoms with Crippen LogP contribution in [-0.4, -0.2) is 56.9 Å². The molecule has 7 nitrogen and oxygen atoms in total. The second-order valence-electron chi connectivity index (χ2n) is 9.23. The highest BCUT2D eigenvalue weighted by atomic mass is 16.6. The van der Waals surface area contributed by atoms with E-state index in [0.717, 1.165) is 38.2 Å². The smallest absolute Gasteiger partial charge is 0.410 e. The largest absolute Gasteiger partial charge is 0.444 e. The third-order valence-corrected chi connectivity index (χ3v) is 5.78. The lowest BCUT2D eigenvalue weighted by molar-refractivity contribution is 0.00534. The van der Waals surface area contributed by atoms with Gasteiger partial charge in [-0.25, -0.2) is 4.79 Å². The predicted molar refractivity (Wildman–Crippen MR) is 100 cm³/mol. The first-order valence-corrected chi connectivity index (χ1v) is 10.5. The van der Waals surface area contributed by atoms with E-state index in [2.05, 4.69) is 15.1 Å². The Kier molecular flexibility index (Phi) is 5.14. The van der Waals surface area contributed by atoms with Gasteiger partial charge in [-0.3, -0.25) is 4.90 Å². The number of rotatable bonds is 4. The Morgan fingerprint density at radius 1 is 1.07 bits per heavy atom. The van der Waals surface area contributed by atoms with Crippen molar-refractivity contribution in [3.63, 3.8) is 0 Å². The molecular formula is C20H32N4O3. The molecule has 0 spiro atoms. The predicted octanol–water partition coefficient (Wildman–Crippen LogP) is 3.70. The van der Waals surface area contributed by atoms with Crippen LogP contribution in [0.1, 0.15) is 83.4 Å². The summed E-state index contributed by atoms with van der Waals surface area (Å²) < 4.78 is 11.6. The summed E-state index contributed by atoms with van der Waals surface area (Å²) in [5.74, 6) is 2.00. The van der Waals surface area contributed by atoms with Gasteiger partial charge in [-0.2, -0.15) is 0 Å². The Morgan fingerprint density at radius 2 is 1.85 bits per heavy atom. The highest BCUT2D eigenvalue weighted by molar-refractivity contribution is 5.69. The molecule has 0 radical (unpaired) electrons. The van der Waals surface area contributed by atoms with Crippen molar-refractivity contribution in [2.75, 3.05) is 13.1 Å². The monoisotopic (exact) mass is 376 g/mol. The quantitative estimate of drug-likeness (QED) is 0.798. The number of amides is 1. The molecule has 150 valence electrons. The molecule has 2 aliphatic heterocycles. The van der Waals surface area contributed by atoms with Gasteiger partial charge in [-0.1, -0.05) is 6.42 Å². The standard InChI is InChI=1S/C20H32N4O3/c1-20(2,3)27-19(25)24-12-6-8-16(24)15-7-4-5-11-23(15)13-17-21-22-18(26-17)14-9-10-14/h14-16H,4-13H2,1-3H3/t15-,16+/m1/s1. The van der Waals surface area contributed by atoms with Gasteiger partial charge in [0, 0.05) is 18.5 Å². The van der Waals surface area contributed by atoms with E-state index >= 15 is 0 Å². The van der Waals surface area contributed by atoms with E-state index in [9.17, 15) is 4.79 Å². The molecule has 1 aromatic rings. The molecule has 3 heterocycles. The Hall–Kier alpha value is -1.63. The van der Waals surface area contributed by atoms with Gasteiger partial charge in [0.05, 0.1) is 12.6 Å². The van der Waals surface area contributed by atoms with Crippen molar-refractivity contribution in [3.05, 3.63) is 11.8 Å². The summed E-state index contributed by atoms with van der Waals surface area (Å²) in [4.78, 5) is 17.1. The average molecular weight is 377 g/mol. The molecule has 0 unspecified atom stereocenters. The molecule has 3 fully saturated rings. The molecule has 27 heavy (non-hydrogen) atoms. The lowest BCUT2D eigenvalue weighted by atomic mass is 9.94. The lowest BCUT2D eigenvalue weighted by Crippen LogP contribution is -2.53.